The van der Waals surface area contributed by atoms with E-state index in [4.69, 9.17) is 11.6 Å². The Morgan fingerprint density at radius 2 is 2.20 bits per heavy atom. The zero-order valence-corrected chi connectivity index (χ0v) is 9.05. The summed E-state index contributed by atoms with van der Waals surface area (Å²) in [6.45, 7) is 0. The van der Waals surface area contributed by atoms with E-state index in [0.717, 1.165) is 0 Å². The molecule has 1 amide bonds. The van der Waals surface area contributed by atoms with Crippen LogP contribution < -0.4 is 5.32 Å². The third-order valence-electron chi connectivity index (χ3n) is 1.70. The second kappa shape index (κ2) is 4.37. The quantitative estimate of drug-likeness (QED) is 0.876. The number of carbonyl (C=O) groups excluding carboxylic acids is 1. The normalized spacial score (nSPS) is 9.93. The minimum Gasteiger partial charge on any atom is -0.296 e. The van der Waals surface area contributed by atoms with E-state index in [1.54, 1.807) is 29.8 Å². The molecular weight excluding hydrogens is 234 g/mol. The Kier molecular flexibility index (Phi) is 2.94. The molecule has 1 heterocycles. The van der Waals surface area contributed by atoms with Crippen molar-refractivity contribution >= 4 is 34.0 Å². The smallest absolute Gasteiger partial charge is 0.259 e. The molecule has 4 nitrogen and oxygen atoms in total. The van der Waals surface area contributed by atoms with Gasteiger partial charge in [-0.15, -0.1) is 10.2 Å². The number of anilines is 1. The first kappa shape index (κ1) is 10.1. The number of benzene rings is 1. The number of rotatable bonds is 2. The summed E-state index contributed by atoms with van der Waals surface area (Å²) in [7, 11) is 0. The second-order valence-electron chi connectivity index (χ2n) is 2.68. The van der Waals surface area contributed by atoms with Crippen molar-refractivity contribution in [2.75, 3.05) is 5.32 Å². The van der Waals surface area contributed by atoms with Crippen molar-refractivity contribution in [1.29, 1.82) is 0 Å². The fraction of sp³-hybridized carbons (Fsp3) is 0. The highest BCUT2D eigenvalue weighted by Gasteiger charge is 2.10. The maximum atomic E-state index is 11.7. The Morgan fingerprint density at radius 1 is 1.40 bits per heavy atom. The largest absolute Gasteiger partial charge is 0.296 e. The number of amides is 1. The van der Waals surface area contributed by atoms with Crippen molar-refractivity contribution < 1.29 is 4.79 Å². The number of nitrogens with one attached hydrogen (secondary N) is 1. The van der Waals surface area contributed by atoms with Gasteiger partial charge in [0.1, 0.15) is 5.51 Å². The lowest BCUT2D eigenvalue weighted by molar-refractivity contribution is 0.102. The molecule has 0 bridgehead atoms. The molecule has 1 aromatic heterocycles. The summed E-state index contributed by atoms with van der Waals surface area (Å²) in [6, 6.07) is 6.83. The average Bonchev–Trinajstić information content (AvgIpc) is 2.71. The van der Waals surface area contributed by atoms with Crippen molar-refractivity contribution in [2.45, 2.75) is 0 Å². The van der Waals surface area contributed by atoms with Crippen molar-refractivity contribution in [3.05, 3.63) is 40.4 Å². The lowest BCUT2D eigenvalue weighted by atomic mass is 10.2. The third kappa shape index (κ3) is 2.31. The molecule has 0 aliphatic rings. The molecule has 0 fully saturated rings. The van der Waals surface area contributed by atoms with E-state index in [9.17, 15) is 4.79 Å². The predicted octanol–water partition coefficient (Wildman–Crippen LogP) is 2.44. The predicted molar refractivity (Wildman–Crippen MR) is 59.3 cm³/mol. The molecule has 0 saturated carbocycles. The molecule has 2 aromatic rings. The van der Waals surface area contributed by atoms with Crippen LogP contribution in [0.3, 0.4) is 0 Å². The number of aromatic nitrogens is 2. The number of hydrogen-bond donors (Lipinski definition) is 1. The van der Waals surface area contributed by atoms with Crippen LogP contribution in [0.5, 0.6) is 0 Å². The van der Waals surface area contributed by atoms with Gasteiger partial charge in [0.2, 0.25) is 5.13 Å². The third-order valence-corrected chi connectivity index (χ3v) is 2.64. The molecule has 2 rings (SSSR count). The van der Waals surface area contributed by atoms with Crippen LogP contribution in [0.4, 0.5) is 5.13 Å². The number of carbonyl (C=O) groups is 1. The Bertz CT molecular complexity index is 472. The molecule has 0 saturated heterocycles. The topological polar surface area (TPSA) is 54.9 Å². The maximum absolute atomic E-state index is 11.7. The summed E-state index contributed by atoms with van der Waals surface area (Å²) >= 11 is 7.12. The van der Waals surface area contributed by atoms with E-state index < -0.39 is 0 Å². The highest BCUT2D eigenvalue weighted by Crippen LogP contribution is 2.17. The summed E-state index contributed by atoms with van der Waals surface area (Å²) in [5.74, 6) is -0.280. The fourth-order valence-corrected chi connectivity index (χ4v) is 1.70. The van der Waals surface area contributed by atoms with Crippen molar-refractivity contribution in [3.8, 4) is 0 Å². The van der Waals surface area contributed by atoms with Gasteiger partial charge in [0, 0.05) is 0 Å². The number of halogens is 1. The van der Waals surface area contributed by atoms with Gasteiger partial charge >= 0.3 is 0 Å². The van der Waals surface area contributed by atoms with Crippen molar-refractivity contribution in [1.82, 2.24) is 10.2 Å². The van der Waals surface area contributed by atoms with E-state index in [-0.39, 0.29) is 5.91 Å². The standard InChI is InChI=1S/C9H6ClN3OS/c10-7-4-2-1-3-6(7)8(14)12-9-13-11-5-15-9/h1-5H,(H,12,13,14). The van der Waals surface area contributed by atoms with Crippen molar-refractivity contribution in [3.63, 3.8) is 0 Å². The first-order chi connectivity index (χ1) is 7.27. The first-order valence-corrected chi connectivity index (χ1v) is 5.35. The van der Waals surface area contributed by atoms with E-state index in [1.165, 1.54) is 11.3 Å². The average molecular weight is 240 g/mol. The zero-order chi connectivity index (χ0) is 10.7. The van der Waals surface area contributed by atoms with Crippen LogP contribution in [0.15, 0.2) is 29.8 Å². The monoisotopic (exact) mass is 239 g/mol. The molecule has 76 valence electrons. The molecule has 6 heteroatoms. The van der Waals surface area contributed by atoms with Crippen molar-refractivity contribution in [2.24, 2.45) is 0 Å². The maximum Gasteiger partial charge on any atom is 0.259 e. The SMILES string of the molecule is O=C(Nc1nncs1)c1ccccc1Cl. The Balaban J connectivity index is 2.19. The second-order valence-corrected chi connectivity index (χ2v) is 3.92. The van der Waals surface area contributed by atoms with Gasteiger partial charge in [0.25, 0.3) is 5.91 Å². The molecule has 0 atom stereocenters. The van der Waals surface area contributed by atoms with Gasteiger partial charge in [-0.05, 0) is 12.1 Å². The fourth-order valence-electron chi connectivity index (χ4n) is 1.04. The van der Waals surface area contributed by atoms with Crippen LogP contribution in [0.1, 0.15) is 10.4 Å². The Morgan fingerprint density at radius 3 is 2.87 bits per heavy atom. The zero-order valence-electron chi connectivity index (χ0n) is 7.48. The Hall–Kier alpha value is -1.46. The molecule has 0 unspecified atom stereocenters. The van der Waals surface area contributed by atoms with E-state index in [1.807, 2.05) is 0 Å². The summed E-state index contributed by atoms with van der Waals surface area (Å²) in [5.41, 5.74) is 1.97. The lowest BCUT2D eigenvalue weighted by Gasteiger charge is -2.02. The van der Waals surface area contributed by atoms with Gasteiger partial charge in [-0.3, -0.25) is 10.1 Å². The van der Waals surface area contributed by atoms with Gasteiger partial charge in [-0.25, -0.2) is 0 Å². The molecule has 1 N–H and O–H groups in total. The molecule has 0 radical (unpaired) electrons. The van der Waals surface area contributed by atoms with Crippen LogP contribution in [-0.2, 0) is 0 Å². The summed E-state index contributed by atoms with van der Waals surface area (Å²) in [6.07, 6.45) is 0. The van der Waals surface area contributed by atoms with Gasteiger partial charge in [0.05, 0.1) is 10.6 Å². The van der Waals surface area contributed by atoms with E-state index in [2.05, 4.69) is 15.5 Å². The minimum atomic E-state index is -0.280. The molecule has 15 heavy (non-hydrogen) atoms. The van der Waals surface area contributed by atoms with Crippen LogP contribution in [0, 0.1) is 0 Å². The molecular formula is C9H6ClN3OS. The molecule has 0 aliphatic heterocycles. The van der Waals surface area contributed by atoms with Crippen LogP contribution in [-0.4, -0.2) is 16.1 Å². The van der Waals surface area contributed by atoms with Gasteiger partial charge in [0.15, 0.2) is 0 Å². The summed E-state index contributed by atoms with van der Waals surface area (Å²) in [5, 5.41) is 10.8. The molecule has 0 aliphatic carbocycles. The number of nitrogens with zero attached hydrogens (tertiary/aromatic N) is 2. The number of hydrogen-bond acceptors (Lipinski definition) is 4. The van der Waals surface area contributed by atoms with Crippen LogP contribution in [0.25, 0.3) is 0 Å². The van der Waals surface area contributed by atoms with E-state index >= 15 is 0 Å². The van der Waals surface area contributed by atoms with E-state index in [0.29, 0.717) is 15.7 Å². The molecule has 0 spiro atoms. The molecule has 1 aromatic carbocycles. The first-order valence-electron chi connectivity index (χ1n) is 4.09. The van der Waals surface area contributed by atoms with Crippen LogP contribution in [0.2, 0.25) is 5.02 Å². The summed E-state index contributed by atoms with van der Waals surface area (Å²) in [4.78, 5) is 11.7. The Labute approximate surface area is 94.9 Å². The summed E-state index contributed by atoms with van der Waals surface area (Å²) < 4.78 is 0. The lowest BCUT2D eigenvalue weighted by Crippen LogP contribution is -2.12. The highest BCUT2D eigenvalue weighted by molar-refractivity contribution is 7.13. The minimum absolute atomic E-state index is 0.280. The highest BCUT2D eigenvalue weighted by atomic mass is 35.5. The van der Waals surface area contributed by atoms with Gasteiger partial charge in [-0.2, -0.15) is 0 Å². The van der Waals surface area contributed by atoms with Crippen LogP contribution >= 0.6 is 22.9 Å². The van der Waals surface area contributed by atoms with Gasteiger partial charge in [-0.1, -0.05) is 35.1 Å². The van der Waals surface area contributed by atoms with Gasteiger partial charge < -0.3 is 0 Å².